The number of benzene rings is 1. The van der Waals surface area contributed by atoms with E-state index in [0.29, 0.717) is 12.2 Å². The number of aryl methyl sites for hydroxylation is 1. The number of fused-ring (bicyclic) bond motifs is 1. The summed E-state index contributed by atoms with van der Waals surface area (Å²) in [6, 6.07) is 7.59. The van der Waals surface area contributed by atoms with Crippen LogP contribution in [0.5, 0.6) is 5.75 Å². The fourth-order valence-corrected chi connectivity index (χ4v) is 2.72. The minimum atomic E-state index is -1.45. The molecule has 2 aliphatic rings. The Labute approximate surface area is 127 Å². The summed E-state index contributed by atoms with van der Waals surface area (Å²) in [4.78, 5) is 0. The molecule has 4 N–H and O–H groups in total. The summed E-state index contributed by atoms with van der Waals surface area (Å²) in [6.07, 6.45) is -5.72. The third-order valence-corrected chi connectivity index (χ3v) is 4.01. The monoisotopic (exact) mass is 312 g/mol. The molecule has 0 spiro atoms. The largest absolute Gasteiger partial charge is 0.465 e. The average molecular weight is 312 g/mol. The zero-order chi connectivity index (χ0) is 15.7. The fourth-order valence-electron chi connectivity index (χ4n) is 2.72. The molecule has 0 radical (unpaired) electrons. The lowest BCUT2D eigenvalue weighted by Gasteiger charge is -2.41. The van der Waals surface area contributed by atoms with Gasteiger partial charge >= 0.3 is 0 Å². The first-order valence-electron chi connectivity index (χ1n) is 7.30. The number of hydrogen-bond donors (Lipinski definition) is 4. The molecule has 122 valence electrons. The minimum Gasteiger partial charge on any atom is -0.465 e. The molecule has 6 atom stereocenters. The Morgan fingerprint density at radius 2 is 1.86 bits per heavy atom. The van der Waals surface area contributed by atoms with Crippen LogP contribution in [0.2, 0.25) is 0 Å². The van der Waals surface area contributed by atoms with Crippen LogP contribution in [0, 0.1) is 0 Å². The van der Waals surface area contributed by atoms with Gasteiger partial charge in [-0.3, -0.25) is 0 Å². The van der Waals surface area contributed by atoms with Crippen LogP contribution in [-0.2, 0) is 15.9 Å². The molecule has 22 heavy (non-hydrogen) atoms. The van der Waals surface area contributed by atoms with Crippen molar-refractivity contribution in [3.8, 4) is 5.75 Å². The van der Waals surface area contributed by atoms with E-state index in [1.165, 1.54) is 0 Å². The summed E-state index contributed by atoms with van der Waals surface area (Å²) in [5.74, 6) is 0.711. The standard InChI is InChI=1S/C15H20O7/c16-7-10-12(17)13(18)14(19)15(21-10)22-11-6-5-8-3-1-2-4-9(8)20-11/h1-4,10-19H,5-7H2/t10-,11?,12-,13+,14-,15?/m1/s1. The summed E-state index contributed by atoms with van der Waals surface area (Å²) in [6.45, 7) is -0.487. The van der Waals surface area contributed by atoms with E-state index in [0.717, 1.165) is 12.0 Å². The highest BCUT2D eigenvalue weighted by molar-refractivity contribution is 5.34. The molecular weight excluding hydrogens is 292 g/mol. The van der Waals surface area contributed by atoms with Crippen molar-refractivity contribution in [2.75, 3.05) is 6.61 Å². The third-order valence-electron chi connectivity index (χ3n) is 4.01. The van der Waals surface area contributed by atoms with Crippen molar-refractivity contribution in [1.82, 2.24) is 0 Å². The topological polar surface area (TPSA) is 109 Å². The van der Waals surface area contributed by atoms with Gasteiger partial charge < -0.3 is 34.6 Å². The van der Waals surface area contributed by atoms with Gasteiger partial charge in [-0.2, -0.15) is 0 Å². The van der Waals surface area contributed by atoms with Crippen LogP contribution in [0.4, 0.5) is 0 Å². The Kier molecular flexibility index (Phi) is 4.62. The first-order valence-corrected chi connectivity index (χ1v) is 7.30. The lowest BCUT2D eigenvalue weighted by Crippen LogP contribution is -2.60. The Morgan fingerprint density at radius 3 is 2.64 bits per heavy atom. The Morgan fingerprint density at radius 1 is 1.09 bits per heavy atom. The van der Waals surface area contributed by atoms with Crippen molar-refractivity contribution in [3.63, 3.8) is 0 Å². The molecule has 0 bridgehead atoms. The van der Waals surface area contributed by atoms with Crippen LogP contribution in [0.1, 0.15) is 12.0 Å². The van der Waals surface area contributed by atoms with Gasteiger partial charge in [-0.05, 0) is 18.1 Å². The van der Waals surface area contributed by atoms with Gasteiger partial charge in [0.25, 0.3) is 0 Å². The van der Waals surface area contributed by atoms with Gasteiger partial charge in [0.2, 0.25) is 6.29 Å². The zero-order valence-corrected chi connectivity index (χ0v) is 11.9. The molecule has 1 fully saturated rings. The second-order valence-electron chi connectivity index (χ2n) is 5.53. The molecule has 2 unspecified atom stereocenters. The third kappa shape index (κ3) is 2.96. The predicted octanol–water partition coefficient (Wildman–Crippen LogP) is -0.846. The lowest BCUT2D eigenvalue weighted by molar-refractivity contribution is -0.329. The van der Waals surface area contributed by atoms with E-state index in [2.05, 4.69) is 0 Å². The van der Waals surface area contributed by atoms with E-state index in [1.807, 2.05) is 24.3 Å². The molecule has 1 aromatic carbocycles. The number of aliphatic hydroxyl groups is 4. The van der Waals surface area contributed by atoms with Crippen molar-refractivity contribution in [1.29, 1.82) is 0 Å². The van der Waals surface area contributed by atoms with E-state index in [9.17, 15) is 15.3 Å². The van der Waals surface area contributed by atoms with Crippen LogP contribution in [0.3, 0.4) is 0 Å². The first-order chi connectivity index (χ1) is 10.6. The van der Waals surface area contributed by atoms with Gasteiger partial charge in [-0.15, -0.1) is 0 Å². The molecule has 3 rings (SSSR count). The van der Waals surface area contributed by atoms with Crippen LogP contribution in [-0.4, -0.2) is 64.0 Å². The molecule has 0 saturated carbocycles. The van der Waals surface area contributed by atoms with E-state index < -0.39 is 43.6 Å². The van der Waals surface area contributed by atoms with Crippen molar-refractivity contribution in [2.45, 2.75) is 49.8 Å². The molecule has 0 aliphatic carbocycles. The van der Waals surface area contributed by atoms with Crippen LogP contribution >= 0.6 is 0 Å². The van der Waals surface area contributed by atoms with Crippen molar-refractivity contribution < 1.29 is 34.6 Å². The van der Waals surface area contributed by atoms with Crippen molar-refractivity contribution >= 4 is 0 Å². The summed E-state index contributed by atoms with van der Waals surface area (Å²) >= 11 is 0. The van der Waals surface area contributed by atoms with E-state index in [1.54, 1.807) is 0 Å². The summed E-state index contributed by atoms with van der Waals surface area (Å²) < 4.78 is 16.6. The Balaban J connectivity index is 1.66. The molecular formula is C15H20O7. The lowest BCUT2D eigenvalue weighted by atomic mass is 9.99. The maximum Gasteiger partial charge on any atom is 0.203 e. The van der Waals surface area contributed by atoms with E-state index in [4.69, 9.17) is 19.3 Å². The SMILES string of the molecule is OC[C@H]1OC(OC2CCc3ccccc3O2)[C@H](O)[C@@H](O)[C@@H]1O. The van der Waals surface area contributed by atoms with Gasteiger partial charge in [0, 0.05) is 6.42 Å². The average Bonchev–Trinajstić information content (AvgIpc) is 2.55. The molecule has 1 aromatic rings. The Bertz CT molecular complexity index is 506. The van der Waals surface area contributed by atoms with Crippen LogP contribution in [0.25, 0.3) is 0 Å². The second kappa shape index (κ2) is 6.49. The molecule has 0 amide bonds. The molecule has 1 saturated heterocycles. The normalized spacial score (nSPS) is 38.2. The summed E-state index contributed by atoms with van der Waals surface area (Å²) in [5, 5.41) is 38.6. The minimum absolute atomic E-state index is 0.487. The van der Waals surface area contributed by atoms with Crippen LogP contribution < -0.4 is 4.74 Å². The van der Waals surface area contributed by atoms with Gasteiger partial charge in [0.1, 0.15) is 30.2 Å². The number of hydrogen-bond acceptors (Lipinski definition) is 7. The molecule has 7 nitrogen and oxygen atoms in total. The van der Waals surface area contributed by atoms with Crippen LogP contribution in [0.15, 0.2) is 24.3 Å². The highest BCUT2D eigenvalue weighted by atomic mass is 16.8. The zero-order valence-electron chi connectivity index (χ0n) is 11.9. The molecule has 7 heteroatoms. The number of aliphatic hydroxyl groups excluding tert-OH is 4. The van der Waals surface area contributed by atoms with Gasteiger partial charge in [-0.1, -0.05) is 18.2 Å². The summed E-state index contributed by atoms with van der Waals surface area (Å²) in [7, 11) is 0. The first kappa shape index (κ1) is 15.7. The van der Waals surface area contributed by atoms with Gasteiger partial charge in [0.15, 0.2) is 6.29 Å². The predicted molar refractivity (Wildman–Crippen MR) is 74.0 cm³/mol. The summed E-state index contributed by atoms with van der Waals surface area (Å²) in [5.41, 5.74) is 1.08. The van der Waals surface area contributed by atoms with Gasteiger partial charge in [-0.25, -0.2) is 0 Å². The maximum absolute atomic E-state index is 9.95. The smallest absolute Gasteiger partial charge is 0.203 e. The Hall–Kier alpha value is -1.22. The van der Waals surface area contributed by atoms with Crippen molar-refractivity contribution in [2.24, 2.45) is 0 Å². The number of rotatable bonds is 3. The molecule has 2 aliphatic heterocycles. The van der Waals surface area contributed by atoms with Gasteiger partial charge in [0.05, 0.1) is 6.61 Å². The highest BCUT2D eigenvalue weighted by Crippen LogP contribution is 2.30. The quantitative estimate of drug-likeness (QED) is 0.576. The van der Waals surface area contributed by atoms with Crippen molar-refractivity contribution in [3.05, 3.63) is 29.8 Å². The highest BCUT2D eigenvalue weighted by Gasteiger charge is 2.45. The van der Waals surface area contributed by atoms with E-state index >= 15 is 0 Å². The molecule has 2 heterocycles. The van der Waals surface area contributed by atoms with E-state index in [-0.39, 0.29) is 0 Å². The maximum atomic E-state index is 9.95. The second-order valence-corrected chi connectivity index (χ2v) is 5.53. The number of ether oxygens (including phenoxy) is 3. The number of para-hydroxylation sites is 1. The fraction of sp³-hybridized carbons (Fsp3) is 0.600. The molecule has 0 aromatic heterocycles.